The van der Waals surface area contributed by atoms with Crippen LogP contribution in [-0.2, 0) is 0 Å². The van der Waals surface area contributed by atoms with Crippen molar-refractivity contribution >= 4 is 15.9 Å². The largest absolute Gasteiger partial charge is 0.435 e. The molecule has 0 amide bonds. The minimum Gasteiger partial charge on any atom is -0.435 e. The van der Waals surface area contributed by atoms with Crippen LogP contribution < -0.4 is 4.74 Å². The molecule has 0 radical (unpaired) electrons. The highest BCUT2D eigenvalue weighted by Gasteiger charge is 2.18. The van der Waals surface area contributed by atoms with Gasteiger partial charge in [-0.05, 0) is 41.3 Å². The SMILES string of the molecule is CC(c1ccncc1)C(Br)c1ccc(OC(F)F)cc1. The van der Waals surface area contributed by atoms with E-state index >= 15 is 0 Å². The molecule has 2 aromatic rings. The molecule has 1 aromatic carbocycles. The van der Waals surface area contributed by atoms with Crippen LogP contribution in [0.2, 0.25) is 0 Å². The van der Waals surface area contributed by atoms with E-state index < -0.39 is 6.61 Å². The summed E-state index contributed by atoms with van der Waals surface area (Å²) >= 11 is 3.65. The van der Waals surface area contributed by atoms with Crippen LogP contribution in [0.1, 0.15) is 28.8 Å². The fourth-order valence-corrected chi connectivity index (χ4v) is 2.57. The number of alkyl halides is 3. The van der Waals surface area contributed by atoms with Gasteiger partial charge in [-0.25, -0.2) is 0 Å². The van der Waals surface area contributed by atoms with E-state index in [4.69, 9.17) is 0 Å². The van der Waals surface area contributed by atoms with E-state index in [2.05, 4.69) is 32.6 Å². The number of hydrogen-bond donors (Lipinski definition) is 0. The maximum Gasteiger partial charge on any atom is 0.387 e. The van der Waals surface area contributed by atoms with Crippen molar-refractivity contribution < 1.29 is 13.5 Å². The number of pyridine rings is 1. The van der Waals surface area contributed by atoms with Gasteiger partial charge in [-0.3, -0.25) is 4.98 Å². The molecule has 0 aliphatic carbocycles. The summed E-state index contributed by atoms with van der Waals surface area (Å²) in [5.74, 6) is 0.403. The van der Waals surface area contributed by atoms with E-state index in [0.717, 1.165) is 11.1 Å². The summed E-state index contributed by atoms with van der Waals surface area (Å²) in [7, 11) is 0. The Hall–Kier alpha value is -1.49. The van der Waals surface area contributed by atoms with Crippen LogP contribution in [0, 0.1) is 0 Å². The van der Waals surface area contributed by atoms with Crippen LogP contribution in [0.15, 0.2) is 48.8 Å². The molecule has 1 aromatic heterocycles. The molecule has 0 spiro atoms. The Balaban J connectivity index is 2.11. The van der Waals surface area contributed by atoms with Gasteiger partial charge in [0.25, 0.3) is 0 Å². The molecule has 106 valence electrons. The quantitative estimate of drug-likeness (QED) is 0.720. The topological polar surface area (TPSA) is 22.1 Å². The molecular weight excluding hydrogens is 328 g/mol. The number of aromatic nitrogens is 1. The van der Waals surface area contributed by atoms with Crippen molar-refractivity contribution in [3.63, 3.8) is 0 Å². The second-order valence-corrected chi connectivity index (χ2v) is 5.41. The van der Waals surface area contributed by atoms with Gasteiger partial charge in [0.2, 0.25) is 0 Å². The second-order valence-electron chi connectivity index (χ2n) is 4.42. The van der Waals surface area contributed by atoms with Crippen molar-refractivity contribution in [2.45, 2.75) is 24.3 Å². The third kappa shape index (κ3) is 3.76. The lowest BCUT2D eigenvalue weighted by atomic mass is 9.94. The second kappa shape index (κ2) is 6.79. The molecule has 0 aliphatic heterocycles. The molecule has 0 saturated heterocycles. The Morgan fingerprint density at radius 3 is 2.15 bits per heavy atom. The highest BCUT2D eigenvalue weighted by molar-refractivity contribution is 9.09. The standard InChI is InChI=1S/C15H14BrF2NO/c1-10(11-6-8-19-9-7-11)14(16)12-2-4-13(5-3-12)20-15(17)18/h2-10,14-15H,1H3. The lowest BCUT2D eigenvalue weighted by molar-refractivity contribution is -0.0498. The summed E-state index contributed by atoms with van der Waals surface area (Å²) in [6.45, 7) is -0.699. The van der Waals surface area contributed by atoms with Gasteiger partial charge in [0.1, 0.15) is 5.75 Å². The number of ether oxygens (including phenoxy) is 1. The first-order valence-corrected chi connectivity index (χ1v) is 7.08. The van der Waals surface area contributed by atoms with Crippen LogP contribution in [0.4, 0.5) is 8.78 Å². The monoisotopic (exact) mass is 341 g/mol. The van der Waals surface area contributed by atoms with Gasteiger partial charge < -0.3 is 4.74 Å². The third-order valence-electron chi connectivity index (χ3n) is 3.09. The number of benzene rings is 1. The van der Waals surface area contributed by atoms with E-state index in [9.17, 15) is 8.78 Å². The minimum atomic E-state index is -2.80. The molecular formula is C15H14BrF2NO. The zero-order valence-electron chi connectivity index (χ0n) is 10.8. The van der Waals surface area contributed by atoms with Crippen LogP contribution in [0.5, 0.6) is 5.75 Å². The molecule has 0 saturated carbocycles. The van der Waals surface area contributed by atoms with Gasteiger partial charge in [-0.2, -0.15) is 8.78 Å². The van der Waals surface area contributed by atoms with Crippen molar-refractivity contribution in [2.24, 2.45) is 0 Å². The molecule has 2 unspecified atom stereocenters. The molecule has 0 aliphatic rings. The average Bonchev–Trinajstić information content (AvgIpc) is 2.47. The molecule has 0 bridgehead atoms. The average molecular weight is 342 g/mol. The van der Waals surface area contributed by atoms with Crippen molar-refractivity contribution in [1.82, 2.24) is 4.98 Å². The fraction of sp³-hybridized carbons (Fsp3) is 0.267. The first-order valence-electron chi connectivity index (χ1n) is 6.16. The highest BCUT2D eigenvalue weighted by atomic mass is 79.9. The molecule has 20 heavy (non-hydrogen) atoms. The summed E-state index contributed by atoms with van der Waals surface area (Å²) in [4.78, 5) is 4.08. The normalized spacial score (nSPS) is 14.1. The summed E-state index contributed by atoms with van der Waals surface area (Å²) < 4.78 is 28.5. The molecule has 2 nitrogen and oxygen atoms in total. The van der Waals surface area contributed by atoms with Crippen LogP contribution in [-0.4, -0.2) is 11.6 Å². The zero-order chi connectivity index (χ0) is 14.5. The van der Waals surface area contributed by atoms with Gasteiger partial charge in [0.15, 0.2) is 0 Å². The summed E-state index contributed by atoms with van der Waals surface area (Å²) in [5.41, 5.74) is 2.17. The number of hydrogen-bond acceptors (Lipinski definition) is 2. The molecule has 2 rings (SSSR count). The molecule has 0 N–H and O–H groups in total. The van der Waals surface area contributed by atoms with Crippen molar-refractivity contribution in [3.8, 4) is 5.75 Å². The first-order chi connectivity index (χ1) is 9.58. The maximum absolute atomic E-state index is 12.1. The Morgan fingerprint density at radius 1 is 1.00 bits per heavy atom. The van der Waals surface area contributed by atoms with E-state index in [1.807, 2.05) is 12.1 Å². The minimum absolute atomic E-state index is 0.0884. The van der Waals surface area contributed by atoms with Gasteiger partial charge in [0.05, 0.1) is 0 Å². The van der Waals surface area contributed by atoms with Gasteiger partial charge in [-0.15, -0.1) is 0 Å². The van der Waals surface area contributed by atoms with Crippen molar-refractivity contribution in [3.05, 3.63) is 59.9 Å². The van der Waals surface area contributed by atoms with Crippen LogP contribution in [0.25, 0.3) is 0 Å². The molecule has 1 heterocycles. The summed E-state index contributed by atoms with van der Waals surface area (Å²) in [6, 6.07) is 10.6. The molecule has 5 heteroatoms. The van der Waals surface area contributed by atoms with Crippen LogP contribution in [0.3, 0.4) is 0 Å². The van der Waals surface area contributed by atoms with Gasteiger partial charge in [0, 0.05) is 17.2 Å². The zero-order valence-corrected chi connectivity index (χ0v) is 12.4. The predicted molar refractivity (Wildman–Crippen MR) is 77.4 cm³/mol. The Kier molecular flexibility index (Phi) is 5.06. The smallest absolute Gasteiger partial charge is 0.387 e. The number of nitrogens with zero attached hydrogens (tertiary/aromatic N) is 1. The Bertz CT molecular complexity index is 533. The first kappa shape index (κ1) is 14.9. The number of rotatable bonds is 5. The van der Waals surface area contributed by atoms with Crippen LogP contribution >= 0.6 is 15.9 Å². The molecule has 2 atom stereocenters. The number of halogens is 3. The van der Waals surface area contributed by atoms with E-state index in [1.54, 1.807) is 36.7 Å². The fourth-order valence-electron chi connectivity index (χ4n) is 1.96. The van der Waals surface area contributed by atoms with Gasteiger partial charge in [-0.1, -0.05) is 35.0 Å². The Morgan fingerprint density at radius 2 is 1.60 bits per heavy atom. The predicted octanol–water partition coefficient (Wildman–Crippen LogP) is 4.92. The van der Waals surface area contributed by atoms with E-state index in [1.165, 1.54) is 0 Å². The van der Waals surface area contributed by atoms with Gasteiger partial charge >= 0.3 is 6.61 Å². The lowest BCUT2D eigenvalue weighted by Crippen LogP contribution is -2.04. The highest BCUT2D eigenvalue weighted by Crippen LogP contribution is 2.37. The van der Waals surface area contributed by atoms with E-state index in [-0.39, 0.29) is 16.5 Å². The van der Waals surface area contributed by atoms with Crippen molar-refractivity contribution in [1.29, 1.82) is 0 Å². The third-order valence-corrected chi connectivity index (χ3v) is 4.42. The van der Waals surface area contributed by atoms with Crippen molar-refractivity contribution in [2.75, 3.05) is 0 Å². The maximum atomic E-state index is 12.1. The van der Waals surface area contributed by atoms with E-state index in [0.29, 0.717) is 0 Å². The lowest BCUT2D eigenvalue weighted by Gasteiger charge is -2.19. The summed E-state index contributed by atoms with van der Waals surface area (Å²) in [5, 5.41) is 0. The molecule has 0 fully saturated rings. The summed E-state index contributed by atoms with van der Waals surface area (Å²) in [6.07, 6.45) is 3.51. The Labute approximate surface area is 124 Å².